The highest BCUT2D eigenvalue weighted by molar-refractivity contribution is 5.86. The van der Waals surface area contributed by atoms with Crippen molar-refractivity contribution in [3.8, 4) is 12.3 Å². The molecule has 5 nitrogen and oxygen atoms in total. The molecule has 0 saturated heterocycles. The van der Waals surface area contributed by atoms with Crippen LogP contribution in [-0.4, -0.2) is 34.6 Å². The fourth-order valence-electron chi connectivity index (χ4n) is 0.961. The van der Waals surface area contributed by atoms with E-state index < -0.39 is 5.97 Å². The minimum atomic E-state index is -1.03. The maximum absolute atomic E-state index is 10.5. The monoisotopic (exact) mass is 205 g/mol. The molecule has 0 aliphatic rings. The molecule has 0 spiro atoms. The number of anilines is 1. The van der Waals surface area contributed by atoms with E-state index in [4.69, 9.17) is 11.5 Å². The number of nitrogens with zero attached hydrogens (tertiary/aromatic N) is 3. The van der Waals surface area contributed by atoms with Crippen LogP contribution in [0, 0.1) is 12.3 Å². The van der Waals surface area contributed by atoms with Gasteiger partial charge in [0.2, 0.25) is 5.95 Å². The van der Waals surface area contributed by atoms with Crippen molar-refractivity contribution in [1.82, 2.24) is 9.97 Å². The van der Waals surface area contributed by atoms with Crippen molar-refractivity contribution >= 4 is 11.9 Å². The highest BCUT2D eigenvalue weighted by atomic mass is 16.4. The van der Waals surface area contributed by atoms with E-state index in [2.05, 4.69) is 15.9 Å². The highest BCUT2D eigenvalue weighted by Gasteiger charge is 2.06. The van der Waals surface area contributed by atoms with E-state index >= 15 is 0 Å². The maximum atomic E-state index is 10.5. The minimum absolute atomic E-state index is 0.0732. The van der Waals surface area contributed by atoms with Crippen LogP contribution in [0.15, 0.2) is 12.4 Å². The second-order valence-corrected chi connectivity index (χ2v) is 2.95. The number of terminal acetylenes is 1. The predicted octanol–water partition coefficient (Wildman–Crippen LogP) is 0.634. The van der Waals surface area contributed by atoms with Crippen molar-refractivity contribution in [2.75, 3.05) is 18.5 Å². The fourth-order valence-corrected chi connectivity index (χ4v) is 0.961. The van der Waals surface area contributed by atoms with Gasteiger partial charge in [-0.3, -0.25) is 0 Å². The standard InChI is InChI=1S/C10H11N3O2/c1-3-4-5-13(2)10-11-6-8(7-12-10)9(14)15/h1,6-7H,4-5H2,2H3,(H,14,15). The Morgan fingerprint density at radius 2 is 2.20 bits per heavy atom. The molecule has 1 N–H and O–H groups in total. The number of hydrogen-bond donors (Lipinski definition) is 1. The van der Waals surface area contributed by atoms with Gasteiger partial charge in [-0.1, -0.05) is 0 Å². The van der Waals surface area contributed by atoms with Crippen molar-refractivity contribution in [2.45, 2.75) is 6.42 Å². The largest absolute Gasteiger partial charge is 0.478 e. The van der Waals surface area contributed by atoms with Crippen molar-refractivity contribution in [3.05, 3.63) is 18.0 Å². The first-order valence-corrected chi connectivity index (χ1v) is 4.35. The van der Waals surface area contributed by atoms with E-state index in [0.717, 1.165) is 0 Å². The molecular formula is C10H11N3O2. The van der Waals surface area contributed by atoms with Gasteiger partial charge in [-0.25, -0.2) is 14.8 Å². The van der Waals surface area contributed by atoms with E-state index in [9.17, 15) is 4.79 Å². The zero-order valence-electron chi connectivity index (χ0n) is 8.34. The number of aromatic nitrogens is 2. The third kappa shape index (κ3) is 2.95. The average Bonchev–Trinajstić information content (AvgIpc) is 2.26. The van der Waals surface area contributed by atoms with Gasteiger partial charge in [0.15, 0.2) is 0 Å². The Hall–Kier alpha value is -2.09. The van der Waals surface area contributed by atoms with Crippen LogP contribution in [0.4, 0.5) is 5.95 Å². The Bertz CT molecular complexity index is 381. The molecule has 0 bridgehead atoms. The van der Waals surface area contributed by atoms with Crippen LogP contribution in [-0.2, 0) is 0 Å². The van der Waals surface area contributed by atoms with Crippen LogP contribution < -0.4 is 4.90 Å². The van der Waals surface area contributed by atoms with Gasteiger partial charge in [0, 0.05) is 32.4 Å². The zero-order chi connectivity index (χ0) is 11.3. The summed E-state index contributed by atoms with van der Waals surface area (Å²) in [5, 5.41) is 8.64. The second kappa shape index (κ2) is 4.96. The summed E-state index contributed by atoms with van der Waals surface area (Å²) >= 11 is 0. The molecule has 15 heavy (non-hydrogen) atoms. The molecular weight excluding hydrogens is 194 g/mol. The van der Waals surface area contributed by atoms with Crippen LogP contribution >= 0.6 is 0 Å². The van der Waals surface area contributed by atoms with Crippen LogP contribution in [0.1, 0.15) is 16.8 Å². The Balaban J connectivity index is 2.71. The van der Waals surface area contributed by atoms with E-state index in [1.807, 2.05) is 0 Å². The van der Waals surface area contributed by atoms with Gasteiger partial charge in [0.05, 0.1) is 5.56 Å². The summed E-state index contributed by atoms with van der Waals surface area (Å²) in [4.78, 5) is 20.1. The molecule has 1 aromatic rings. The normalized spacial score (nSPS) is 9.33. The van der Waals surface area contributed by atoms with Crippen molar-refractivity contribution < 1.29 is 9.90 Å². The number of aromatic carboxylic acids is 1. The molecule has 0 fully saturated rings. The molecule has 0 amide bonds. The molecule has 1 aromatic heterocycles. The molecule has 0 atom stereocenters. The zero-order valence-corrected chi connectivity index (χ0v) is 8.34. The molecule has 0 saturated carbocycles. The molecule has 0 radical (unpaired) electrons. The van der Waals surface area contributed by atoms with Crippen molar-refractivity contribution in [1.29, 1.82) is 0 Å². The van der Waals surface area contributed by atoms with Gasteiger partial charge in [0.25, 0.3) is 0 Å². The highest BCUT2D eigenvalue weighted by Crippen LogP contribution is 2.05. The van der Waals surface area contributed by atoms with Crippen LogP contribution in [0.2, 0.25) is 0 Å². The maximum Gasteiger partial charge on any atom is 0.338 e. The van der Waals surface area contributed by atoms with Gasteiger partial charge in [-0.15, -0.1) is 12.3 Å². The summed E-state index contributed by atoms with van der Waals surface area (Å²) in [6.45, 7) is 0.642. The second-order valence-electron chi connectivity index (χ2n) is 2.95. The summed E-state index contributed by atoms with van der Waals surface area (Å²) < 4.78 is 0. The minimum Gasteiger partial charge on any atom is -0.478 e. The summed E-state index contributed by atoms with van der Waals surface area (Å²) in [6, 6.07) is 0. The quantitative estimate of drug-likeness (QED) is 0.730. The molecule has 1 rings (SSSR count). The lowest BCUT2D eigenvalue weighted by Crippen LogP contribution is -2.20. The van der Waals surface area contributed by atoms with Gasteiger partial charge in [-0.05, 0) is 0 Å². The van der Waals surface area contributed by atoms with E-state index in [-0.39, 0.29) is 5.56 Å². The molecule has 78 valence electrons. The van der Waals surface area contributed by atoms with Gasteiger partial charge in [-0.2, -0.15) is 0 Å². The lowest BCUT2D eigenvalue weighted by molar-refractivity contribution is 0.0696. The van der Waals surface area contributed by atoms with Gasteiger partial charge < -0.3 is 10.0 Å². The lowest BCUT2D eigenvalue weighted by atomic mass is 10.3. The Kier molecular flexibility index (Phi) is 3.63. The van der Waals surface area contributed by atoms with Crippen molar-refractivity contribution in [2.24, 2.45) is 0 Å². The van der Waals surface area contributed by atoms with E-state index in [0.29, 0.717) is 18.9 Å². The Morgan fingerprint density at radius 3 is 2.67 bits per heavy atom. The third-order valence-electron chi connectivity index (χ3n) is 1.82. The summed E-state index contributed by atoms with van der Waals surface area (Å²) in [7, 11) is 1.80. The number of rotatable bonds is 4. The summed E-state index contributed by atoms with van der Waals surface area (Å²) in [6.07, 6.45) is 8.27. The number of carboxylic acids is 1. The third-order valence-corrected chi connectivity index (χ3v) is 1.82. The van der Waals surface area contributed by atoms with Crippen LogP contribution in [0.5, 0.6) is 0 Å². The van der Waals surface area contributed by atoms with Crippen molar-refractivity contribution in [3.63, 3.8) is 0 Å². The Morgan fingerprint density at radius 1 is 1.60 bits per heavy atom. The molecule has 0 unspecified atom stereocenters. The van der Waals surface area contributed by atoms with Gasteiger partial charge in [0.1, 0.15) is 0 Å². The van der Waals surface area contributed by atoms with Crippen LogP contribution in [0.25, 0.3) is 0 Å². The number of hydrogen-bond acceptors (Lipinski definition) is 4. The molecule has 0 aromatic carbocycles. The van der Waals surface area contributed by atoms with E-state index in [1.165, 1.54) is 12.4 Å². The predicted molar refractivity (Wildman–Crippen MR) is 55.7 cm³/mol. The molecule has 1 heterocycles. The number of carboxylic acid groups (broad SMARTS) is 1. The van der Waals surface area contributed by atoms with Gasteiger partial charge >= 0.3 is 5.97 Å². The summed E-state index contributed by atoms with van der Waals surface area (Å²) in [5.41, 5.74) is 0.0732. The SMILES string of the molecule is C#CCCN(C)c1ncc(C(=O)O)cn1. The molecule has 0 aliphatic carbocycles. The lowest BCUT2D eigenvalue weighted by Gasteiger charge is -2.14. The smallest absolute Gasteiger partial charge is 0.338 e. The first-order chi connectivity index (χ1) is 7.15. The number of carbonyl (C=O) groups is 1. The fraction of sp³-hybridized carbons (Fsp3) is 0.300. The first-order valence-electron chi connectivity index (χ1n) is 4.35. The topological polar surface area (TPSA) is 66.3 Å². The summed E-state index contributed by atoms with van der Waals surface area (Å²) in [5.74, 6) is 1.94. The Labute approximate surface area is 87.8 Å². The van der Waals surface area contributed by atoms with Crippen LogP contribution in [0.3, 0.4) is 0 Å². The first kappa shape index (κ1) is 11.0. The van der Waals surface area contributed by atoms with E-state index in [1.54, 1.807) is 11.9 Å². The molecule has 0 aliphatic heterocycles. The molecule has 5 heteroatoms. The average molecular weight is 205 g/mol.